The fraction of sp³-hybridized carbons (Fsp3) is 0. The molecule has 0 amide bonds. The van der Waals surface area contributed by atoms with Crippen molar-refractivity contribution in [2.45, 2.75) is 0 Å². The first-order valence-electron chi connectivity index (χ1n) is 8.66. The standard InChI is InChI=1S/C22H11Cl3N4O/c23-17-7-18(24)9-20(8-17)29-21-14(6-19(25)12-28-21)4-15(22(29)30)5-16(10-26)13-2-1-3-27-11-13/h1-9,11-12H/b16-5+. The van der Waals surface area contributed by atoms with Gasteiger partial charge in [-0.05, 0) is 42.5 Å². The Morgan fingerprint density at radius 2 is 1.80 bits per heavy atom. The van der Waals surface area contributed by atoms with Gasteiger partial charge >= 0.3 is 0 Å². The third-order valence-corrected chi connectivity index (χ3v) is 4.98. The monoisotopic (exact) mass is 452 g/mol. The van der Waals surface area contributed by atoms with E-state index in [9.17, 15) is 10.1 Å². The highest BCUT2D eigenvalue weighted by Crippen LogP contribution is 2.25. The fourth-order valence-electron chi connectivity index (χ4n) is 3.06. The molecule has 4 rings (SSSR count). The van der Waals surface area contributed by atoms with Crippen molar-refractivity contribution in [3.8, 4) is 11.8 Å². The van der Waals surface area contributed by atoms with Crippen molar-refractivity contribution in [3.63, 3.8) is 0 Å². The van der Waals surface area contributed by atoms with E-state index in [2.05, 4.69) is 16.0 Å². The Labute approximate surface area is 186 Å². The molecule has 0 bridgehead atoms. The summed E-state index contributed by atoms with van der Waals surface area (Å²) in [7, 11) is 0. The van der Waals surface area contributed by atoms with Gasteiger partial charge in [-0.1, -0.05) is 40.9 Å². The summed E-state index contributed by atoms with van der Waals surface area (Å²) in [6, 6.07) is 13.7. The van der Waals surface area contributed by atoms with Crippen molar-refractivity contribution < 1.29 is 0 Å². The Morgan fingerprint density at radius 3 is 2.47 bits per heavy atom. The third kappa shape index (κ3) is 3.94. The molecular weight excluding hydrogens is 443 g/mol. The van der Waals surface area contributed by atoms with Crippen LogP contribution in [0.1, 0.15) is 11.1 Å². The highest BCUT2D eigenvalue weighted by Gasteiger charge is 2.14. The zero-order valence-corrected chi connectivity index (χ0v) is 17.4. The van der Waals surface area contributed by atoms with Gasteiger partial charge in [-0.3, -0.25) is 14.3 Å². The normalized spacial score (nSPS) is 11.5. The Bertz CT molecular complexity index is 1390. The first-order chi connectivity index (χ1) is 14.5. The third-order valence-electron chi connectivity index (χ3n) is 4.33. The van der Waals surface area contributed by atoms with E-state index in [1.54, 1.807) is 54.9 Å². The van der Waals surface area contributed by atoms with Crippen molar-refractivity contribution in [3.05, 3.63) is 97.6 Å². The van der Waals surface area contributed by atoms with Gasteiger partial charge in [0.1, 0.15) is 5.65 Å². The van der Waals surface area contributed by atoms with Gasteiger partial charge < -0.3 is 0 Å². The van der Waals surface area contributed by atoms with Gasteiger partial charge in [-0.2, -0.15) is 5.26 Å². The molecule has 4 aromatic rings. The van der Waals surface area contributed by atoms with E-state index >= 15 is 0 Å². The SMILES string of the molecule is N#C/C(=C\c1cc2cc(Cl)cnc2n(-c2cc(Cl)cc(Cl)c2)c1=O)c1cccnc1. The number of benzene rings is 1. The van der Waals surface area contributed by atoms with Crippen molar-refractivity contribution in [2.75, 3.05) is 0 Å². The summed E-state index contributed by atoms with van der Waals surface area (Å²) in [5.41, 5.74) is 1.63. The predicted molar refractivity (Wildman–Crippen MR) is 120 cm³/mol. The summed E-state index contributed by atoms with van der Waals surface area (Å²) in [5, 5.41) is 11.4. The molecule has 0 unspecified atom stereocenters. The van der Waals surface area contributed by atoms with Gasteiger partial charge in [-0.25, -0.2) is 4.98 Å². The Morgan fingerprint density at radius 1 is 1.03 bits per heavy atom. The molecule has 30 heavy (non-hydrogen) atoms. The van der Waals surface area contributed by atoms with Crippen LogP contribution in [0.5, 0.6) is 0 Å². The number of pyridine rings is 3. The van der Waals surface area contributed by atoms with Crippen LogP contribution in [0.3, 0.4) is 0 Å². The maximum atomic E-state index is 13.4. The molecule has 0 spiro atoms. The quantitative estimate of drug-likeness (QED) is 0.367. The van der Waals surface area contributed by atoms with E-state index in [0.29, 0.717) is 42.9 Å². The Kier molecular flexibility index (Phi) is 5.56. The maximum absolute atomic E-state index is 13.4. The Balaban J connectivity index is 2.05. The molecule has 5 nitrogen and oxygen atoms in total. The summed E-state index contributed by atoms with van der Waals surface area (Å²) in [6.45, 7) is 0. The van der Waals surface area contributed by atoms with Crippen LogP contribution >= 0.6 is 34.8 Å². The molecule has 0 aliphatic heterocycles. The number of fused-ring (bicyclic) bond motifs is 1. The van der Waals surface area contributed by atoms with Gasteiger partial charge in [-0.15, -0.1) is 0 Å². The van der Waals surface area contributed by atoms with Crippen LogP contribution in [0.4, 0.5) is 0 Å². The van der Waals surface area contributed by atoms with Gasteiger partial charge in [0.2, 0.25) is 0 Å². The molecule has 0 saturated carbocycles. The van der Waals surface area contributed by atoms with Gasteiger partial charge in [0.15, 0.2) is 0 Å². The second-order valence-corrected chi connectivity index (χ2v) is 7.66. The summed E-state index contributed by atoms with van der Waals surface area (Å²) in [5.74, 6) is 0. The molecule has 0 saturated heterocycles. The van der Waals surface area contributed by atoms with Crippen molar-refractivity contribution in [2.24, 2.45) is 0 Å². The summed E-state index contributed by atoms with van der Waals surface area (Å²) in [4.78, 5) is 21.8. The smallest absolute Gasteiger partial charge is 0.264 e. The van der Waals surface area contributed by atoms with Crippen LogP contribution < -0.4 is 5.56 Å². The zero-order valence-electron chi connectivity index (χ0n) is 15.2. The largest absolute Gasteiger partial charge is 0.268 e. The van der Waals surface area contributed by atoms with Crippen LogP contribution in [0.15, 0.2) is 65.8 Å². The van der Waals surface area contributed by atoms with Crippen LogP contribution in [0, 0.1) is 11.3 Å². The summed E-state index contributed by atoms with van der Waals surface area (Å²) < 4.78 is 1.40. The Hall–Kier alpha value is -3.17. The van der Waals surface area contributed by atoms with E-state index in [1.165, 1.54) is 16.8 Å². The molecule has 0 radical (unpaired) electrons. The van der Waals surface area contributed by atoms with Gasteiger partial charge in [0.05, 0.1) is 22.4 Å². The topological polar surface area (TPSA) is 71.6 Å². The van der Waals surface area contributed by atoms with Crippen molar-refractivity contribution >= 4 is 57.5 Å². The molecule has 0 aliphatic carbocycles. The molecule has 0 fully saturated rings. The predicted octanol–water partition coefficient (Wildman–Crippen LogP) is 5.81. The minimum atomic E-state index is -0.382. The highest BCUT2D eigenvalue weighted by molar-refractivity contribution is 6.35. The molecule has 3 aromatic heterocycles. The van der Waals surface area contributed by atoms with E-state index in [1.807, 2.05) is 0 Å². The fourth-order valence-corrected chi connectivity index (χ4v) is 3.75. The van der Waals surface area contributed by atoms with E-state index in [-0.39, 0.29) is 11.1 Å². The van der Waals surface area contributed by atoms with E-state index in [4.69, 9.17) is 34.8 Å². The van der Waals surface area contributed by atoms with Crippen molar-refractivity contribution in [1.82, 2.24) is 14.5 Å². The van der Waals surface area contributed by atoms with Gasteiger partial charge in [0, 0.05) is 45.1 Å². The molecule has 3 heterocycles. The average molecular weight is 454 g/mol. The van der Waals surface area contributed by atoms with E-state index < -0.39 is 0 Å². The van der Waals surface area contributed by atoms with Crippen LogP contribution in [-0.4, -0.2) is 14.5 Å². The number of halogens is 3. The minimum Gasteiger partial charge on any atom is -0.268 e. The molecule has 0 aliphatic rings. The van der Waals surface area contributed by atoms with Gasteiger partial charge in [0.25, 0.3) is 5.56 Å². The highest BCUT2D eigenvalue weighted by atomic mass is 35.5. The van der Waals surface area contributed by atoms with Crippen LogP contribution in [0.25, 0.3) is 28.4 Å². The number of rotatable bonds is 3. The molecule has 8 heteroatoms. The number of nitriles is 1. The number of nitrogens with zero attached hydrogens (tertiary/aromatic N) is 4. The summed E-state index contributed by atoms with van der Waals surface area (Å²) in [6.07, 6.45) is 6.14. The van der Waals surface area contributed by atoms with Crippen LogP contribution in [0.2, 0.25) is 15.1 Å². The molecule has 1 aromatic carbocycles. The minimum absolute atomic E-state index is 0.281. The lowest BCUT2D eigenvalue weighted by molar-refractivity contribution is 1.01. The molecule has 0 atom stereocenters. The molecule has 146 valence electrons. The number of allylic oxidation sites excluding steroid dienone is 1. The number of hydrogen-bond donors (Lipinski definition) is 0. The number of aromatic nitrogens is 3. The zero-order chi connectivity index (χ0) is 21.3. The summed E-state index contributed by atoms with van der Waals surface area (Å²) >= 11 is 18.4. The van der Waals surface area contributed by atoms with Crippen molar-refractivity contribution in [1.29, 1.82) is 5.26 Å². The van der Waals surface area contributed by atoms with E-state index in [0.717, 1.165) is 0 Å². The maximum Gasteiger partial charge on any atom is 0.264 e. The first kappa shape index (κ1) is 20.1. The number of hydrogen-bond acceptors (Lipinski definition) is 4. The van der Waals surface area contributed by atoms with Crippen LogP contribution in [-0.2, 0) is 0 Å². The second-order valence-electron chi connectivity index (χ2n) is 6.35. The second kappa shape index (κ2) is 8.29. The molecule has 0 N–H and O–H groups in total. The lowest BCUT2D eigenvalue weighted by Gasteiger charge is -2.12. The molecular formula is C22H11Cl3N4O. The first-order valence-corrected chi connectivity index (χ1v) is 9.79. The lowest BCUT2D eigenvalue weighted by atomic mass is 10.1. The average Bonchev–Trinajstić information content (AvgIpc) is 2.72. The lowest BCUT2D eigenvalue weighted by Crippen LogP contribution is -2.22.